The van der Waals surface area contributed by atoms with Gasteiger partial charge in [-0.25, -0.2) is 15.6 Å². The van der Waals surface area contributed by atoms with E-state index < -0.39 is 12.0 Å². The molecule has 0 aliphatic heterocycles. The lowest BCUT2D eigenvalue weighted by Crippen LogP contribution is -2.41. The van der Waals surface area contributed by atoms with Crippen molar-refractivity contribution in [3.63, 3.8) is 0 Å². The molecule has 1 heterocycles. The summed E-state index contributed by atoms with van der Waals surface area (Å²) in [5.41, 5.74) is -0.0979. The molecule has 0 unspecified atom stereocenters. The van der Waals surface area contributed by atoms with Crippen LogP contribution in [-0.4, -0.2) is 34.2 Å². The minimum absolute atomic E-state index is 0.0573. The minimum atomic E-state index is -1.55. The average Bonchev–Trinajstić information content (AvgIpc) is 2.27. The number of hydrogen-bond donors (Lipinski definition) is 2. The zero-order valence-electron chi connectivity index (χ0n) is 7.88. The molecule has 2 amide bonds. The van der Waals surface area contributed by atoms with Crippen molar-refractivity contribution < 1.29 is 19.4 Å². The summed E-state index contributed by atoms with van der Waals surface area (Å²) in [6.45, 7) is 0. The predicted molar refractivity (Wildman–Crippen MR) is 49.2 cm³/mol. The number of hydrazine groups is 1. The van der Waals surface area contributed by atoms with Gasteiger partial charge in [-0.15, -0.1) is 0 Å². The number of pyridine rings is 1. The van der Waals surface area contributed by atoms with Crippen LogP contribution in [0.25, 0.3) is 0 Å². The van der Waals surface area contributed by atoms with Crippen molar-refractivity contribution in [3.8, 4) is 5.88 Å². The molecule has 15 heavy (non-hydrogen) atoms. The first-order chi connectivity index (χ1) is 7.06. The predicted octanol–water partition coefficient (Wildman–Crippen LogP) is 0.0841. The van der Waals surface area contributed by atoms with Crippen molar-refractivity contribution >= 4 is 12.0 Å². The second kappa shape index (κ2) is 4.38. The summed E-state index contributed by atoms with van der Waals surface area (Å²) >= 11 is 0. The van der Waals surface area contributed by atoms with Gasteiger partial charge in [0.1, 0.15) is 5.69 Å². The molecule has 1 aromatic rings. The molecule has 0 atom stereocenters. The maximum Gasteiger partial charge on any atom is 0.429 e. The van der Waals surface area contributed by atoms with Crippen LogP contribution < -0.4 is 10.6 Å². The Morgan fingerprint density at radius 2 is 2.20 bits per heavy atom. The molecule has 0 aliphatic rings. The van der Waals surface area contributed by atoms with Crippen molar-refractivity contribution in [2.24, 2.45) is 5.84 Å². The van der Waals surface area contributed by atoms with Crippen molar-refractivity contribution in [2.45, 2.75) is 0 Å². The Morgan fingerprint density at radius 1 is 1.53 bits per heavy atom. The van der Waals surface area contributed by atoms with Gasteiger partial charge in [0, 0.05) is 6.07 Å². The molecule has 0 spiro atoms. The number of ether oxygens (including phenoxy) is 1. The topological polar surface area (TPSA) is 106 Å². The van der Waals surface area contributed by atoms with Gasteiger partial charge in [-0.3, -0.25) is 4.79 Å². The molecule has 0 aliphatic carbocycles. The molecule has 0 saturated heterocycles. The number of rotatable bonds is 2. The number of methoxy groups -OCH3 is 1. The van der Waals surface area contributed by atoms with E-state index in [2.05, 4.69) is 4.98 Å². The molecule has 0 aromatic carbocycles. The first kappa shape index (κ1) is 10.9. The number of amides is 2. The monoisotopic (exact) mass is 211 g/mol. The van der Waals surface area contributed by atoms with Crippen LogP contribution in [-0.2, 0) is 0 Å². The average molecular weight is 211 g/mol. The second-order valence-corrected chi connectivity index (χ2v) is 2.52. The number of carbonyl (C=O) groups is 2. The molecule has 7 nitrogen and oxygen atoms in total. The van der Waals surface area contributed by atoms with Gasteiger partial charge < -0.3 is 9.84 Å². The highest BCUT2D eigenvalue weighted by Gasteiger charge is 2.19. The number of aromatic nitrogens is 1. The van der Waals surface area contributed by atoms with Gasteiger partial charge in [0.15, 0.2) is 0 Å². The molecule has 1 rings (SSSR count). The van der Waals surface area contributed by atoms with Crippen LogP contribution in [0.15, 0.2) is 18.2 Å². The molecule has 0 fully saturated rings. The number of nitrogens with zero attached hydrogens (tertiary/aromatic N) is 2. The van der Waals surface area contributed by atoms with Crippen molar-refractivity contribution in [2.75, 3.05) is 7.11 Å². The smallest absolute Gasteiger partial charge is 0.429 e. The zero-order chi connectivity index (χ0) is 11.4. The van der Waals surface area contributed by atoms with Crippen molar-refractivity contribution in [3.05, 3.63) is 23.9 Å². The third kappa shape index (κ3) is 2.41. The maximum absolute atomic E-state index is 11.4. The Bertz CT molecular complexity index is 393. The van der Waals surface area contributed by atoms with E-state index in [1.54, 1.807) is 0 Å². The molecule has 3 N–H and O–H groups in total. The summed E-state index contributed by atoms with van der Waals surface area (Å²) in [4.78, 5) is 25.5. The number of hydrogen-bond acceptors (Lipinski definition) is 5. The highest BCUT2D eigenvalue weighted by atomic mass is 16.5. The molecular formula is C8H9N3O4. The number of carboxylic acid groups (broad SMARTS) is 1. The summed E-state index contributed by atoms with van der Waals surface area (Å²) in [7, 11) is 1.38. The Labute approximate surface area is 85.0 Å². The lowest BCUT2D eigenvalue weighted by molar-refractivity contribution is 0.0735. The molecule has 1 aromatic heterocycles. The van der Waals surface area contributed by atoms with Crippen LogP contribution >= 0.6 is 0 Å². The van der Waals surface area contributed by atoms with Gasteiger partial charge in [0.05, 0.1) is 7.11 Å². The van der Waals surface area contributed by atoms with Crippen LogP contribution in [0, 0.1) is 0 Å². The van der Waals surface area contributed by atoms with Crippen LogP contribution in [0.1, 0.15) is 10.5 Å². The van der Waals surface area contributed by atoms with Crippen LogP contribution in [0.5, 0.6) is 5.88 Å². The molecule has 7 heteroatoms. The summed E-state index contributed by atoms with van der Waals surface area (Å²) in [5, 5.41) is 8.52. The van der Waals surface area contributed by atoms with Gasteiger partial charge in [-0.05, 0) is 6.07 Å². The van der Waals surface area contributed by atoms with Crippen molar-refractivity contribution in [1.29, 1.82) is 0 Å². The Morgan fingerprint density at radius 3 is 2.73 bits per heavy atom. The van der Waals surface area contributed by atoms with Gasteiger partial charge >= 0.3 is 6.09 Å². The van der Waals surface area contributed by atoms with Crippen molar-refractivity contribution in [1.82, 2.24) is 9.99 Å². The fourth-order valence-electron chi connectivity index (χ4n) is 0.858. The quantitative estimate of drug-likeness (QED) is 0.407. The number of imide groups is 1. The molecule has 0 radical (unpaired) electrons. The van der Waals surface area contributed by atoms with E-state index in [1.807, 2.05) is 0 Å². The van der Waals surface area contributed by atoms with E-state index in [4.69, 9.17) is 15.7 Å². The maximum atomic E-state index is 11.4. The third-order valence-electron chi connectivity index (χ3n) is 1.58. The van der Waals surface area contributed by atoms with Gasteiger partial charge in [-0.1, -0.05) is 6.07 Å². The van der Waals surface area contributed by atoms with Crippen LogP contribution in [0.4, 0.5) is 4.79 Å². The summed E-state index contributed by atoms with van der Waals surface area (Å²) < 4.78 is 4.78. The Balaban J connectivity index is 2.96. The number of nitrogens with two attached hydrogens (primary N) is 1. The molecule has 0 bridgehead atoms. The SMILES string of the molecule is COc1cccc(C(=O)N(N)C(=O)O)n1. The van der Waals surface area contributed by atoms with Gasteiger partial charge in [0.2, 0.25) is 5.88 Å². The first-order valence-electron chi connectivity index (χ1n) is 3.89. The fourth-order valence-corrected chi connectivity index (χ4v) is 0.858. The zero-order valence-corrected chi connectivity index (χ0v) is 7.88. The van der Waals surface area contributed by atoms with E-state index >= 15 is 0 Å². The lowest BCUT2D eigenvalue weighted by Gasteiger charge is -2.09. The summed E-state index contributed by atoms with van der Waals surface area (Å²) in [5.74, 6) is 4.28. The highest BCUT2D eigenvalue weighted by Crippen LogP contribution is 2.07. The molecular weight excluding hydrogens is 202 g/mol. The molecule has 80 valence electrons. The lowest BCUT2D eigenvalue weighted by atomic mass is 10.3. The summed E-state index contributed by atoms with van der Waals surface area (Å²) in [6.07, 6.45) is -1.55. The second-order valence-electron chi connectivity index (χ2n) is 2.52. The number of carbonyl (C=O) groups excluding carboxylic acids is 1. The van der Waals surface area contributed by atoms with E-state index in [1.165, 1.54) is 25.3 Å². The summed E-state index contributed by atoms with van der Waals surface area (Å²) in [6, 6.07) is 4.38. The van der Waals surface area contributed by atoms with Gasteiger partial charge in [-0.2, -0.15) is 5.01 Å². The van der Waals surface area contributed by atoms with E-state index in [0.29, 0.717) is 0 Å². The van der Waals surface area contributed by atoms with Crippen LogP contribution in [0.3, 0.4) is 0 Å². The standard InChI is InChI=1S/C8H9N3O4/c1-15-6-4-2-3-5(10-6)7(12)11(9)8(13)14/h2-4H,9H2,1H3,(H,13,14). The minimum Gasteiger partial charge on any atom is -0.481 e. The Hall–Kier alpha value is -2.15. The van der Waals surface area contributed by atoms with Gasteiger partial charge in [0.25, 0.3) is 5.91 Å². The fraction of sp³-hybridized carbons (Fsp3) is 0.125. The molecule has 0 saturated carbocycles. The van der Waals surface area contributed by atoms with E-state index in [0.717, 1.165) is 0 Å². The third-order valence-corrected chi connectivity index (χ3v) is 1.58. The van der Waals surface area contributed by atoms with E-state index in [9.17, 15) is 9.59 Å². The largest absolute Gasteiger partial charge is 0.481 e. The normalized spacial score (nSPS) is 9.47. The van der Waals surface area contributed by atoms with E-state index in [-0.39, 0.29) is 16.6 Å². The highest BCUT2D eigenvalue weighted by molar-refractivity contribution is 6.00. The first-order valence-corrected chi connectivity index (χ1v) is 3.89. The van der Waals surface area contributed by atoms with Crippen LogP contribution in [0.2, 0.25) is 0 Å². The Kier molecular flexibility index (Phi) is 3.19.